The molecule has 0 radical (unpaired) electrons. The van der Waals surface area contributed by atoms with Crippen molar-refractivity contribution in [2.75, 3.05) is 11.1 Å². The maximum atomic E-state index is 11.8. The monoisotopic (exact) mass is 419 g/mol. The molecule has 0 saturated heterocycles. The molecule has 5 nitrogen and oxygen atoms in total. The highest BCUT2D eigenvalue weighted by molar-refractivity contribution is 9.13. The number of hydrogen-bond acceptors (Lipinski definition) is 5. The Balaban J connectivity index is 1.87. The van der Waals surface area contributed by atoms with Gasteiger partial charge in [0.25, 0.3) is 5.22 Å². The first-order chi connectivity index (χ1) is 9.58. The Morgan fingerprint density at radius 1 is 1.35 bits per heavy atom. The van der Waals surface area contributed by atoms with Crippen LogP contribution >= 0.6 is 43.6 Å². The lowest BCUT2D eigenvalue weighted by Gasteiger charge is -2.05. The summed E-state index contributed by atoms with van der Waals surface area (Å²) in [5, 5.41) is 10.9. The number of aromatic nitrogens is 2. The van der Waals surface area contributed by atoms with E-state index in [0.717, 1.165) is 14.6 Å². The number of aryl methyl sites for hydroxylation is 1. The van der Waals surface area contributed by atoms with E-state index in [1.165, 1.54) is 11.8 Å². The molecule has 1 amide bonds. The zero-order valence-corrected chi connectivity index (χ0v) is 14.5. The van der Waals surface area contributed by atoms with Gasteiger partial charge >= 0.3 is 0 Å². The van der Waals surface area contributed by atoms with Gasteiger partial charge in [0.2, 0.25) is 11.8 Å². The van der Waals surface area contributed by atoms with Gasteiger partial charge in [0, 0.05) is 21.1 Å². The number of amides is 1. The van der Waals surface area contributed by atoms with Crippen molar-refractivity contribution in [3.63, 3.8) is 0 Å². The summed E-state index contributed by atoms with van der Waals surface area (Å²) in [6.45, 7) is 1.93. The van der Waals surface area contributed by atoms with Gasteiger partial charge in [0.05, 0.1) is 5.75 Å². The molecule has 0 atom stereocenters. The maximum absolute atomic E-state index is 11.8. The predicted molar refractivity (Wildman–Crippen MR) is 84.9 cm³/mol. The highest BCUT2D eigenvalue weighted by Crippen LogP contribution is 2.26. The fraction of sp³-hybridized carbons (Fsp3) is 0.250. The van der Waals surface area contributed by atoms with Gasteiger partial charge in [-0.05, 0) is 50.1 Å². The van der Waals surface area contributed by atoms with Crippen molar-refractivity contribution in [1.82, 2.24) is 10.2 Å². The smallest absolute Gasteiger partial charge is 0.277 e. The molecule has 2 aromatic rings. The minimum Gasteiger partial charge on any atom is -0.416 e. The Kier molecular flexibility index (Phi) is 5.62. The average molecular weight is 421 g/mol. The normalized spacial score (nSPS) is 10.6. The standard InChI is InChI=1S/C12H11Br2N3O2S/c1-2-11-16-17-12(19-11)20-6-10(18)15-7-3-4-8(13)9(14)5-7/h3-5H,2,6H2,1H3,(H,15,18). The van der Waals surface area contributed by atoms with Crippen molar-refractivity contribution in [3.05, 3.63) is 33.0 Å². The second-order valence-corrected chi connectivity index (χ2v) is 6.42. The van der Waals surface area contributed by atoms with E-state index in [1.54, 1.807) is 0 Å². The van der Waals surface area contributed by atoms with Crippen molar-refractivity contribution < 1.29 is 9.21 Å². The first-order valence-corrected chi connectivity index (χ1v) is 8.35. The van der Waals surface area contributed by atoms with Gasteiger partial charge in [0.15, 0.2) is 0 Å². The SMILES string of the molecule is CCc1nnc(SCC(=O)Nc2ccc(Br)c(Br)c2)o1. The van der Waals surface area contributed by atoms with Crippen LogP contribution in [-0.4, -0.2) is 21.9 Å². The number of nitrogens with one attached hydrogen (secondary N) is 1. The van der Waals surface area contributed by atoms with Gasteiger partial charge in [-0.2, -0.15) is 0 Å². The largest absolute Gasteiger partial charge is 0.416 e. The Labute approximate surface area is 137 Å². The molecular weight excluding hydrogens is 410 g/mol. The van der Waals surface area contributed by atoms with E-state index in [2.05, 4.69) is 47.4 Å². The molecule has 106 valence electrons. The Morgan fingerprint density at radius 2 is 2.15 bits per heavy atom. The number of halogens is 2. The van der Waals surface area contributed by atoms with Crippen molar-refractivity contribution in [1.29, 1.82) is 0 Å². The van der Waals surface area contributed by atoms with Gasteiger partial charge < -0.3 is 9.73 Å². The summed E-state index contributed by atoms with van der Waals surface area (Å²) in [6, 6.07) is 5.51. The fourth-order valence-corrected chi connectivity index (χ4v) is 2.54. The van der Waals surface area contributed by atoms with Crippen LogP contribution in [0.3, 0.4) is 0 Å². The van der Waals surface area contributed by atoms with Gasteiger partial charge in [-0.15, -0.1) is 10.2 Å². The third-order valence-electron chi connectivity index (χ3n) is 2.28. The molecule has 0 fully saturated rings. The second-order valence-electron chi connectivity index (χ2n) is 3.78. The van der Waals surface area contributed by atoms with Crippen LogP contribution in [0.15, 0.2) is 36.8 Å². The van der Waals surface area contributed by atoms with Crippen LogP contribution in [-0.2, 0) is 11.2 Å². The van der Waals surface area contributed by atoms with Crippen LogP contribution in [0.5, 0.6) is 0 Å². The Bertz CT molecular complexity index is 618. The summed E-state index contributed by atoms with van der Waals surface area (Å²) in [5.41, 5.74) is 0.727. The molecule has 0 bridgehead atoms. The maximum Gasteiger partial charge on any atom is 0.277 e. The Morgan fingerprint density at radius 3 is 2.80 bits per heavy atom. The fourth-order valence-electron chi connectivity index (χ4n) is 1.34. The molecule has 1 aromatic heterocycles. The van der Waals surface area contributed by atoms with Crippen molar-refractivity contribution in [3.8, 4) is 0 Å². The third kappa shape index (κ3) is 4.32. The van der Waals surface area contributed by atoms with E-state index in [0.29, 0.717) is 17.5 Å². The van der Waals surface area contributed by atoms with E-state index >= 15 is 0 Å². The molecule has 0 unspecified atom stereocenters. The summed E-state index contributed by atoms with van der Waals surface area (Å²) in [4.78, 5) is 11.8. The second kappa shape index (κ2) is 7.24. The molecule has 0 aliphatic carbocycles. The first-order valence-electron chi connectivity index (χ1n) is 5.78. The number of carbonyl (C=O) groups is 1. The zero-order valence-electron chi connectivity index (χ0n) is 10.5. The number of nitrogens with zero attached hydrogens (tertiary/aromatic N) is 2. The zero-order chi connectivity index (χ0) is 14.5. The van der Waals surface area contributed by atoms with Crippen LogP contribution in [0.1, 0.15) is 12.8 Å². The lowest BCUT2D eigenvalue weighted by Crippen LogP contribution is -2.13. The number of thioether (sulfide) groups is 1. The topological polar surface area (TPSA) is 68.0 Å². The molecule has 8 heteroatoms. The van der Waals surface area contributed by atoms with Crippen LogP contribution in [0.2, 0.25) is 0 Å². The van der Waals surface area contributed by atoms with Crippen LogP contribution in [0.25, 0.3) is 0 Å². The summed E-state index contributed by atoms with van der Waals surface area (Å²) < 4.78 is 7.13. The molecule has 1 N–H and O–H groups in total. The lowest BCUT2D eigenvalue weighted by molar-refractivity contribution is -0.113. The van der Waals surface area contributed by atoms with E-state index in [9.17, 15) is 4.79 Å². The first kappa shape index (κ1) is 15.5. The van der Waals surface area contributed by atoms with E-state index in [4.69, 9.17) is 4.42 Å². The minimum absolute atomic E-state index is 0.125. The number of benzene rings is 1. The quantitative estimate of drug-likeness (QED) is 0.743. The molecule has 0 saturated carbocycles. The van der Waals surface area contributed by atoms with Crippen molar-refractivity contribution in [2.24, 2.45) is 0 Å². The molecule has 0 spiro atoms. The van der Waals surface area contributed by atoms with Crippen molar-refractivity contribution in [2.45, 2.75) is 18.6 Å². The molecule has 0 aliphatic rings. The molecule has 2 rings (SSSR count). The molecule has 0 aliphatic heterocycles. The summed E-state index contributed by atoms with van der Waals surface area (Å²) in [7, 11) is 0. The third-order valence-corrected chi connectivity index (χ3v) is 4.98. The van der Waals surface area contributed by atoms with E-state index < -0.39 is 0 Å². The molecule has 1 aromatic carbocycles. The van der Waals surface area contributed by atoms with Crippen molar-refractivity contribution >= 4 is 55.2 Å². The van der Waals surface area contributed by atoms with Crippen LogP contribution in [0.4, 0.5) is 5.69 Å². The molecule has 1 heterocycles. The van der Waals surface area contributed by atoms with Gasteiger partial charge in [-0.3, -0.25) is 4.79 Å². The average Bonchev–Trinajstić information content (AvgIpc) is 2.89. The van der Waals surface area contributed by atoms with Crippen LogP contribution < -0.4 is 5.32 Å². The van der Waals surface area contributed by atoms with Crippen LogP contribution in [0, 0.1) is 0 Å². The highest BCUT2D eigenvalue weighted by Gasteiger charge is 2.09. The summed E-state index contributed by atoms with van der Waals surface area (Å²) in [5.74, 6) is 0.671. The molecule has 20 heavy (non-hydrogen) atoms. The highest BCUT2D eigenvalue weighted by atomic mass is 79.9. The summed E-state index contributed by atoms with van der Waals surface area (Å²) >= 11 is 7.98. The molecular formula is C12H11Br2N3O2S. The number of hydrogen-bond donors (Lipinski definition) is 1. The predicted octanol–water partition coefficient (Wildman–Crippen LogP) is 3.89. The minimum atomic E-state index is -0.125. The van der Waals surface area contributed by atoms with Gasteiger partial charge in [-0.1, -0.05) is 18.7 Å². The van der Waals surface area contributed by atoms with Gasteiger partial charge in [-0.25, -0.2) is 0 Å². The number of carbonyl (C=O) groups excluding carboxylic acids is 1. The number of rotatable bonds is 5. The Hall–Kier alpha value is -0.860. The van der Waals surface area contributed by atoms with E-state index in [-0.39, 0.29) is 11.7 Å². The van der Waals surface area contributed by atoms with E-state index in [1.807, 2.05) is 25.1 Å². The number of anilines is 1. The summed E-state index contributed by atoms with van der Waals surface area (Å²) in [6.07, 6.45) is 0.687. The lowest BCUT2D eigenvalue weighted by atomic mass is 10.3. The van der Waals surface area contributed by atoms with Gasteiger partial charge in [0.1, 0.15) is 0 Å².